The molecule has 3 aromatic rings. The molecule has 0 spiro atoms. The summed E-state index contributed by atoms with van der Waals surface area (Å²) in [4.78, 5) is 14.9. The van der Waals surface area contributed by atoms with Crippen LogP contribution in [0.5, 0.6) is 0 Å². The number of aromatic nitrogens is 5. The van der Waals surface area contributed by atoms with Crippen LogP contribution in [-0.2, 0) is 7.05 Å². The summed E-state index contributed by atoms with van der Waals surface area (Å²) in [6, 6.07) is 3.67. The molecule has 0 amide bonds. The van der Waals surface area contributed by atoms with Crippen LogP contribution in [0, 0.1) is 5.82 Å². The van der Waals surface area contributed by atoms with Gasteiger partial charge < -0.3 is 10.2 Å². The summed E-state index contributed by atoms with van der Waals surface area (Å²) in [7, 11) is 1.88. The van der Waals surface area contributed by atoms with Crippen LogP contribution in [0.3, 0.4) is 0 Å². The molecule has 0 aliphatic carbocycles. The second-order valence-corrected chi connectivity index (χ2v) is 6.08. The molecular formula is C17H18FN7. The lowest BCUT2D eigenvalue weighted by atomic mass is 10.2. The molecule has 1 N–H and O–H groups in total. The summed E-state index contributed by atoms with van der Waals surface area (Å²) in [5, 5.41) is 7.41. The lowest BCUT2D eigenvalue weighted by Gasteiger charge is -2.18. The minimum Gasteiger partial charge on any atom is -0.378 e. The van der Waals surface area contributed by atoms with Crippen LogP contribution >= 0.6 is 0 Å². The van der Waals surface area contributed by atoms with Crippen molar-refractivity contribution in [2.75, 3.05) is 23.3 Å². The number of rotatable bonds is 4. The molecule has 4 rings (SSSR count). The molecule has 1 aliphatic heterocycles. The maximum atomic E-state index is 13.7. The molecule has 128 valence electrons. The van der Waals surface area contributed by atoms with E-state index in [1.807, 2.05) is 19.3 Å². The molecule has 0 radical (unpaired) electrons. The number of hydrogen-bond donors (Lipinski definition) is 1. The Morgan fingerprint density at radius 1 is 1.24 bits per heavy atom. The molecular weight excluding hydrogens is 321 g/mol. The zero-order valence-electron chi connectivity index (χ0n) is 13.8. The highest BCUT2D eigenvalue weighted by atomic mass is 19.1. The van der Waals surface area contributed by atoms with Crippen molar-refractivity contribution in [2.24, 2.45) is 7.05 Å². The zero-order valence-corrected chi connectivity index (χ0v) is 13.8. The van der Waals surface area contributed by atoms with Gasteiger partial charge in [0.15, 0.2) is 5.82 Å². The molecule has 1 fully saturated rings. The van der Waals surface area contributed by atoms with Crippen molar-refractivity contribution < 1.29 is 4.39 Å². The van der Waals surface area contributed by atoms with Crippen molar-refractivity contribution in [2.45, 2.75) is 12.5 Å². The van der Waals surface area contributed by atoms with Gasteiger partial charge in [-0.1, -0.05) is 0 Å². The number of nitrogens with zero attached hydrogens (tertiary/aromatic N) is 6. The van der Waals surface area contributed by atoms with Gasteiger partial charge in [-0.2, -0.15) is 5.10 Å². The number of aryl methyl sites for hydroxylation is 1. The summed E-state index contributed by atoms with van der Waals surface area (Å²) < 4.78 is 15.5. The molecule has 0 saturated carbocycles. The Morgan fingerprint density at radius 2 is 2.16 bits per heavy atom. The Bertz CT molecular complexity index is 879. The molecule has 25 heavy (non-hydrogen) atoms. The lowest BCUT2D eigenvalue weighted by molar-refractivity contribution is 0.620. The van der Waals surface area contributed by atoms with E-state index in [1.54, 1.807) is 29.3 Å². The van der Waals surface area contributed by atoms with E-state index >= 15 is 0 Å². The standard InChI is InChI=1S/C17H18FN7/c1-24-10-12(8-21-24)15-3-6-20-17(23-15)25-7-4-13(11-25)22-16-2-5-19-9-14(16)18/h2-3,5-6,8-10,13H,4,7,11H2,1H3,(H,19,22). The van der Waals surface area contributed by atoms with Crippen molar-refractivity contribution in [3.8, 4) is 11.3 Å². The van der Waals surface area contributed by atoms with Crippen LogP contribution in [0.25, 0.3) is 11.3 Å². The Balaban J connectivity index is 1.48. The van der Waals surface area contributed by atoms with E-state index in [2.05, 4.69) is 30.3 Å². The molecule has 4 heterocycles. The largest absolute Gasteiger partial charge is 0.378 e. The quantitative estimate of drug-likeness (QED) is 0.785. The van der Waals surface area contributed by atoms with Gasteiger partial charge in [-0.25, -0.2) is 14.4 Å². The van der Waals surface area contributed by atoms with Gasteiger partial charge >= 0.3 is 0 Å². The van der Waals surface area contributed by atoms with E-state index < -0.39 is 0 Å². The Morgan fingerprint density at radius 3 is 2.96 bits per heavy atom. The number of pyridine rings is 1. The number of hydrogen-bond acceptors (Lipinski definition) is 6. The van der Waals surface area contributed by atoms with Gasteiger partial charge in [0.05, 0.1) is 23.8 Å². The van der Waals surface area contributed by atoms with Crippen LogP contribution in [0.15, 0.2) is 43.1 Å². The summed E-state index contributed by atoms with van der Waals surface area (Å²) >= 11 is 0. The average Bonchev–Trinajstić information content (AvgIpc) is 3.26. The molecule has 0 aromatic carbocycles. The normalized spacial score (nSPS) is 17.0. The molecule has 1 unspecified atom stereocenters. The number of nitrogens with one attached hydrogen (secondary N) is 1. The third-order valence-electron chi connectivity index (χ3n) is 4.25. The summed E-state index contributed by atoms with van der Waals surface area (Å²) in [6.45, 7) is 1.54. The summed E-state index contributed by atoms with van der Waals surface area (Å²) in [5.41, 5.74) is 2.28. The second-order valence-electron chi connectivity index (χ2n) is 6.08. The van der Waals surface area contributed by atoms with Gasteiger partial charge in [-0.3, -0.25) is 9.67 Å². The van der Waals surface area contributed by atoms with Gasteiger partial charge in [-0.15, -0.1) is 0 Å². The topological polar surface area (TPSA) is 71.8 Å². The van der Waals surface area contributed by atoms with E-state index in [0.717, 1.165) is 30.8 Å². The van der Waals surface area contributed by atoms with E-state index in [4.69, 9.17) is 0 Å². The monoisotopic (exact) mass is 339 g/mol. The highest BCUT2D eigenvalue weighted by Gasteiger charge is 2.25. The fourth-order valence-electron chi connectivity index (χ4n) is 2.99. The first-order valence-electron chi connectivity index (χ1n) is 8.12. The zero-order chi connectivity index (χ0) is 17.2. The Hall–Kier alpha value is -3.03. The fourth-order valence-corrected chi connectivity index (χ4v) is 2.99. The second kappa shape index (κ2) is 6.46. The molecule has 1 saturated heterocycles. The van der Waals surface area contributed by atoms with E-state index in [9.17, 15) is 4.39 Å². The van der Waals surface area contributed by atoms with E-state index in [0.29, 0.717) is 11.6 Å². The highest BCUT2D eigenvalue weighted by Crippen LogP contribution is 2.23. The Labute approximate surface area is 144 Å². The first-order valence-corrected chi connectivity index (χ1v) is 8.12. The molecule has 8 heteroatoms. The Kier molecular flexibility index (Phi) is 4.01. The predicted octanol–water partition coefficient (Wildman–Crippen LogP) is 2.10. The van der Waals surface area contributed by atoms with Crippen molar-refractivity contribution in [3.05, 3.63) is 48.9 Å². The summed E-state index contributed by atoms with van der Waals surface area (Å²) in [5.74, 6) is 0.344. The summed E-state index contributed by atoms with van der Waals surface area (Å²) in [6.07, 6.45) is 9.16. The first-order chi connectivity index (χ1) is 12.2. The van der Waals surface area contributed by atoms with E-state index in [1.165, 1.54) is 6.20 Å². The van der Waals surface area contributed by atoms with Gasteiger partial charge in [0.25, 0.3) is 0 Å². The van der Waals surface area contributed by atoms with Crippen LogP contribution in [0.1, 0.15) is 6.42 Å². The van der Waals surface area contributed by atoms with Crippen molar-refractivity contribution >= 4 is 11.6 Å². The third kappa shape index (κ3) is 3.28. The molecule has 1 aliphatic rings. The van der Waals surface area contributed by atoms with Crippen molar-refractivity contribution in [3.63, 3.8) is 0 Å². The van der Waals surface area contributed by atoms with Crippen molar-refractivity contribution in [1.82, 2.24) is 24.7 Å². The number of halogens is 1. The SMILES string of the molecule is Cn1cc(-c2ccnc(N3CCC(Nc4ccncc4F)C3)n2)cn1. The number of anilines is 2. The minimum atomic E-state index is -0.337. The van der Waals surface area contributed by atoms with Crippen LogP contribution in [0.2, 0.25) is 0 Å². The molecule has 3 aromatic heterocycles. The first kappa shape index (κ1) is 15.5. The van der Waals surface area contributed by atoms with Crippen LogP contribution in [-0.4, -0.2) is 43.9 Å². The van der Waals surface area contributed by atoms with Crippen molar-refractivity contribution in [1.29, 1.82) is 0 Å². The van der Waals surface area contributed by atoms with Gasteiger partial charge in [0.2, 0.25) is 5.95 Å². The smallest absolute Gasteiger partial charge is 0.225 e. The predicted molar refractivity (Wildman–Crippen MR) is 92.7 cm³/mol. The lowest BCUT2D eigenvalue weighted by Crippen LogP contribution is -2.27. The molecule has 0 bridgehead atoms. The maximum Gasteiger partial charge on any atom is 0.225 e. The average molecular weight is 339 g/mol. The molecule has 7 nitrogen and oxygen atoms in total. The minimum absolute atomic E-state index is 0.141. The van der Waals surface area contributed by atoms with Crippen LogP contribution in [0.4, 0.5) is 16.0 Å². The fraction of sp³-hybridized carbons (Fsp3) is 0.294. The molecule has 1 atom stereocenters. The third-order valence-corrected chi connectivity index (χ3v) is 4.25. The van der Waals surface area contributed by atoms with Gasteiger partial charge in [-0.05, 0) is 18.6 Å². The maximum absolute atomic E-state index is 13.7. The van der Waals surface area contributed by atoms with Crippen LogP contribution < -0.4 is 10.2 Å². The van der Waals surface area contributed by atoms with Gasteiger partial charge in [0.1, 0.15) is 0 Å². The van der Waals surface area contributed by atoms with E-state index in [-0.39, 0.29) is 11.9 Å². The van der Waals surface area contributed by atoms with Gasteiger partial charge in [0, 0.05) is 50.3 Å². The highest BCUT2D eigenvalue weighted by molar-refractivity contribution is 5.58.